The molecule has 0 bridgehead atoms. The number of carbonyl (C=O) groups excluding carboxylic acids is 2. The number of para-hydroxylation sites is 1. The highest BCUT2D eigenvalue weighted by Gasteiger charge is 2.39. The zero-order chi connectivity index (χ0) is 17.0. The van der Waals surface area contributed by atoms with E-state index in [0.29, 0.717) is 10.9 Å². The van der Waals surface area contributed by atoms with Crippen molar-refractivity contribution in [1.82, 2.24) is 4.98 Å². The van der Waals surface area contributed by atoms with Crippen LogP contribution in [0.3, 0.4) is 0 Å². The zero-order valence-corrected chi connectivity index (χ0v) is 12.7. The molecule has 8 nitrogen and oxygen atoms in total. The van der Waals surface area contributed by atoms with Crippen LogP contribution in [0.25, 0.3) is 10.9 Å². The summed E-state index contributed by atoms with van der Waals surface area (Å²) < 4.78 is 9.81. The molecule has 0 atom stereocenters. The van der Waals surface area contributed by atoms with Crippen LogP contribution in [-0.4, -0.2) is 35.1 Å². The Balaban J connectivity index is 2.67. The number of nitrogens with zero attached hydrogens (tertiary/aromatic N) is 1. The van der Waals surface area contributed by atoms with E-state index < -0.39 is 28.6 Å². The van der Waals surface area contributed by atoms with Crippen molar-refractivity contribution in [1.29, 1.82) is 0 Å². The second kappa shape index (κ2) is 6.91. The van der Waals surface area contributed by atoms with E-state index in [4.69, 9.17) is 9.47 Å². The van der Waals surface area contributed by atoms with E-state index in [0.717, 1.165) is 0 Å². The molecule has 8 heteroatoms. The largest absolute Gasteiger partial charge is 0.465 e. The molecule has 1 heterocycles. The van der Waals surface area contributed by atoms with Crippen LogP contribution in [-0.2, 0) is 19.1 Å². The molecule has 0 fully saturated rings. The summed E-state index contributed by atoms with van der Waals surface area (Å²) in [6.07, 6.45) is 0. The van der Waals surface area contributed by atoms with Gasteiger partial charge in [0.15, 0.2) is 5.92 Å². The molecule has 0 amide bonds. The number of H-pyrrole nitrogens is 1. The third kappa shape index (κ3) is 3.15. The van der Waals surface area contributed by atoms with Crippen LogP contribution < -0.4 is 0 Å². The van der Waals surface area contributed by atoms with Gasteiger partial charge in [-0.3, -0.25) is 9.59 Å². The van der Waals surface area contributed by atoms with Gasteiger partial charge in [-0.25, -0.2) is 4.98 Å². The van der Waals surface area contributed by atoms with Crippen molar-refractivity contribution >= 4 is 28.7 Å². The molecule has 0 unspecified atom stereocenters. The van der Waals surface area contributed by atoms with Gasteiger partial charge < -0.3 is 19.6 Å². The molecule has 0 radical (unpaired) electrons. The molecule has 0 saturated carbocycles. The summed E-state index contributed by atoms with van der Waals surface area (Å²) in [6.45, 7) is 3.27. The van der Waals surface area contributed by atoms with Gasteiger partial charge in [0.2, 0.25) is 0 Å². The Labute approximate surface area is 131 Å². The van der Waals surface area contributed by atoms with Crippen molar-refractivity contribution in [2.75, 3.05) is 13.2 Å². The van der Waals surface area contributed by atoms with Gasteiger partial charge in [-0.2, -0.15) is 0 Å². The molecule has 0 spiro atoms. The maximum Gasteiger partial charge on any atom is 0.326 e. The summed E-state index contributed by atoms with van der Waals surface area (Å²) in [6, 6.07) is 6.58. The summed E-state index contributed by atoms with van der Waals surface area (Å²) >= 11 is 0. The van der Waals surface area contributed by atoms with E-state index in [1.165, 1.54) is 0 Å². The van der Waals surface area contributed by atoms with Crippen molar-refractivity contribution in [3.8, 4) is 0 Å². The predicted molar refractivity (Wildman–Crippen MR) is 81.0 cm³/mol. The molecule has 23 heavy (non-hydrogen) atoms. The summed E-state index contributed by atoms with van der Waals surface area (Å²) in [7, 11) is 0. The van der Waals surface area contributed by atoms with Crippen LogP contribution in [0.2, 0.25) is 0 Å². The van der Waals surface area contributed by atoms with Gasteiger partial charge in [-0.1, -0.05) is 18.2 Å². The molecule has 1 aromatic heterocycles. The molecule has 0 aliphatic heterocycles. The fraction of sp³-hybridized carbons (Fsp3) is 0.333. The first-order chi connectivity index (χ1) is 11.0. The molecular formula is C15H16N2O6. The first-order valence-electron chi connectivity index (χ1n) is 7.09. The lowest BCUT2D eigenvalue weighted by Crippen LogP contribution is -2.26. The standard InChI is InChI=1S/C15H16N2O6/c1-3-22-14(18)12(15(19)23-4-2)11-9-7-5-6-8-10(9)16-13(11)17(20)21/h5-8,12,16H,3-4H2,1-2H3. The Morgan fingerprint density at radius 2 is 1.74 bits per heavy atom. The SMILES string of the molecule is CCOC(=O)C(C(=O)OCC)c1c([N+](=O)[O-])[nH]c2ccccc12. The number of benzene rings is 1. The number of aromatic amines is 1. The third-order valence-electron chi connectivity index (χ3n) is 3.24. The Morgan fingerprint density at radius 3 is 2.26 bits per heavy atom. The highest BCUT2D eigenvalue weighted by Crippen LogP contribution is 2.35. The number of nitrogens with one attached hydrogen (secondary N) is 1. The highest BCUT2D eigenvalue weighted by molar-refractivity contribution is 6.06. The number of fused-ring (bicyclic) bond motifs is 1. The van der Waals surface area contributed by atoms with Crippen LogP contribution >= 0.6 is 0 Å². The Bertz CT molecular complexity index is 734. The fourth-order valence-corrected chi connectivity index (χ4v) is 2.37. The van der Waals surface area contributed by atoms with Crippen LogP contribution in [0.4, 0.5) is 5.82 Å². The van der Waals surface area contributed by atoms with Crippen molar-refractivity contribution in [2.45, 2.75) is 19.8 Å². The summed E-state index contributed by atoms with van der Waals surface area (Å²) in [5, 5.41) is 11.7. The second-order valence-corrected chi connectivity index (χ2v) is 4.63. The van der Waals surface area contributed by atoms with Gasteiger partial charge in [0, 0.05) is 5.39 Å². The maximum atomic E-state index is 12.2. The van der Waals surface area contributed by atoms with E-state index in [9.17, 15) is 19.7 Å². The van der Waals surface area contributed by atoms with Gasteiger partial charge in [-0.15, -0.1) is 0 Å². The highest BCUT2D eigenvalue weighted by atomic mass is 16.6. The van der Waals surface area contributed by atoms with E-state index >= 15 is 0 Å². The van der Waals surface area contributed by atoms with Crippen molar-refractivity contribution < 1.29 is 24.0 Å². The molecule has 1 aromatic carbocycles. The molecule has 0 aliphatic carbocycles. The van der Waals surface area contributed by atoms with Crippen LogP contribution in [0.5, 0.6) is 0 Å². The minimum absolute atomic E-state index is 0.0394. The summed E-state index contributed by atoms with van der Waals surface area (Å²) in [4.78, 5) is 37.7. The summed E-state index contributed by atoms with van der Waals surface area (Å²) in [5.74, 6) is -3.68. The normalized spacial score (nSPS) is 10.7. The predicted octanol–water partition coefficient (Wildman–Crippen LogP) is 2.29. The average molecular weight is 320 g/mol. The average Bonchev–Trinajstić information content (AvgIpc) is 2.88. The Morgan fingerprint density at radius 1 is 1.17 bits per heavy atom. The molecule has 0 saturated heterocycles. The Kier molecular flexibility index (Phi) is 4.95. The number of aromatic nitrogens is 1. The number of carbonyl (C=O) groups is 2. The van der Waals surface area contributed by atoms with Crippen molar-refractivity contribution in [2.24, 2.45) is 0 Å². The lowest BCUT2D eigenvalue weighted by molar-refractivity contribution is -0.389. The number of hydrogen-bond donors (Lipinski definition) is 1. The topological polar surface area (TPSA) is 112 Å². The maximum absolute atomic E-state index is 12.2. The van der Waals surface area contributed by atoms with Gasteiger partial charge in [0.1, 0.15) is 5.52 Å². The number of hydrogen-bond acceptors (Lipinski definition) is 6. The van der Waals surface area contributed by atoms with Gasteiger partial charge in [-0.05, 0) is 24.8 Å². The third-order valence-corrected chi connectivity index (χ3v) is 3.24. The number of rotatable bonds is 6. The van der Waals surface area contributed by atoms with Crippen LogP contribution in [0.1, 0.15) is 25.3 Å². The lowest BCUT2D eigenvalue weighted by atomic mass is 9.97. The minimum Gasteiger partial charge on any atom is -0.465 e. The van der Waals surface area contributed by atoms with E-state index in [1.54, 1.807) is 38.1 Å². The van der Waals surface area contributed by atoms with Crippen molar-refractivity contribution in [3.05, 3.63) is 39.9 Å². The van der Waals surface area contributed by atoms with E-state index in [-0.39, 0.29) is 18.8 Å². The number of ether oxygens (including phenoxy) is 2. The van der Waals surface area contributed by atoms with Gasteiger partial charge in [0.05, 0.1) is 18.8 Å². The number of esters is 2. The van der Waals surface area contributed by atoms with Gasteiger partial charge in [0.25, 0.3) is 0 Å². The quantitative estimate of drug-likeness (QED) is 0.378. The first-order valence-corrected chi connectivity index (χ1v) is 7.09. The fourth-order valence-electron chi connectivity index (χ4n) is 2.37. The molecule has 2 aromatic rings. The zero-order valence-electron chi connectivity index (χ0n) is 12.7. The Hall–Kier alpha value is -2.90. The van der Waals surface area contributed by atoms with Crippen LogP contribution in [0.15, 0.2) is 24.3 Å². The molecule has 122 valence electrons. The lowest BCUT2D eigenvalue weighted by Gasteiger charge is -2.13. The smallest absolute Gasteiger partial charge is 0.326 e. The second-order valence-electron chi connectivity index (χ2n) is 4.63. The molecule has 1 N–H and O–H groups in total. The number of nitro groups is 1. The minimum atomic E-state index is -1.51. The molecule has 2 rings (SSSR count). The van der Waals surface area contributed by atoms with Gasteiger partial charge >= 0.3 is 17.8 Å². The molecule has 0 aliphatic rings. The van der Waals surface area contributed by atoms with Crippen molar-refractivity contribution in [3.63, 3.8) is 0 Å². The van der Waals surface area contributed by atoms with Crippen LogP contribution in [0, 0.1) is 10.1 Å². The molecular weight excluding hydrogens is 304 g/mol. The van der Waals surface area contributed by atoms with E-state index in [2.05, 4.69) is 4.98 Å². The summed E-state index contributed by atoms with van der Waals surface area (Å²) in [5.41, 5.74) is 0.412. The van der Waals surface area contributed by atoms with E-state index in [1.807, 2.05) is 0 Å². The monoisotopic (exact) mass is 320 g/mol. The first kappa shape index (κ1) is 16.5.